The van der Waals surface area contributed by atoms with Gasteiger partial charge in [0.2, 0.25) is 0 Å². The second kappa shape index (κ2) is 5.38. The summed E-state index contributed by atoms with van der Waals surface area (Å²) < 4.78 is 6.92. The molecule has 2 rings (SSSR count). The van der Waals surface area contributed by atoms with Crippen LogP contribution in [0.4, 0.5) is 4.79 Å². The Hall–Kier alpha value is -2.57. The number of rotatable bonds is 4. The van der Waals surface area contributed by atoms with Crippen LogP contribution in [0.15, 0.2) is 24.3 Å². The summed E-state index contributed by atoms with van der Waals surface area (Å²) in [5.41, 5.74) is 5.82. The number of aryl methyl sites for hydroxylation is 1. The molecule has 0 spiro atoms. The molecular formula is C12H15N5O2. The first-order valence-electron chi connectivity index (χ1n) is 5.71. The lowest BCUT2D eigenvalue weighted by Crippen LogP contribution is -2.29. The Labute approximate surface area is 110 Å². The number of urea groups is 1. The Morgan fingerprint density at radius 3 is 2.89 bits per heavy atom. The largest absolute Gasteiger partial charge is 0.494 e. The number of hydrogen-bond donors (Lipinski definition) is 2. The minimum absolute atomic E-state index is 0.203. The van der Waals surface area contributed by atoms with Gasteiger partial charge in [0, 0.05) is 0 Å². The minimum atomic E-state index is -0.604. The van der Waals surface area contributed by atoms with Crippen LogP contribution in [0.25, 0.3) is 5.69 Å². The number of amides is 2. The highest BCUT2D eigenvalue weighted by Crippen LogP contribution is 2.22. The molecule has 3 N–H and O–H groups in total. The molecule has 1 aromatic carbocycles. The molecule has 7 heteroatoms. The topological polar surface area (TPSA) is 95.1 Å². The van der Waals surface area contributed by atoms with Crippen LogP contribution in [0.5, 0.6) is 5.75 Å². The number of benzene rings is 1. The molecule has 100 valence electrons. The van der Waals surface area contributed by atoms with Crippen LogP contribution < -0.4 is 15.8 Å². The predicted octanol–water partition coefficient (Wildman–Crippen LogP) is 0.753. The number of nitrogens with two attached hydrogens (primary N) is 1. The summed E-state index contributed by atoms with van der Waals surface area (Å²) in [6, 6.07) is 6.83. The predicted molar refractivity (Wildman–Crippen MR) is 69.1 cm³/mol. The molecule has 0 fully saturated rings. The number of aromatic nitrogens is 3. The highest BCUT2D eigenvalue weighted by molar-refractivity contribution is 5.71. The second-order valence-corrected chi connectivity index (χ2v) is 3.88. The Bertz CT molecular complexity index is 594. The molecule has 0 bridgehead atoms. The third-order valence-corrected chi connectivity index (χ3v) is 2.51. The zero-order valence-electron chi connectivity index (χ0n) is 10.8. The number of nitrogens with one attached hydrogen (secondary N) is 1. The number of hydrogen-bond acceptors (Lipinski definition) is 4. The SMILES string of the molecule is COc1ccccc1-n1nc(C)nc1CNC(N)=O. The van der Waals surface area contributed by atoms with Gasteiger partial charge in [-0.25, -0.2) is 14.5 Å². The molecule has 0 aliphatic rings. The third-order valence-electron chi connectivity index (χ3n) is 2.51. The zero-order valence-corrected chi connectivity index (χ0v) is 10.8. The molecule has 7 nitrogen and oxygen atoms in total. The summed E-state index contributed by atoms with van der Waals surface area (Å²) in [5.74, 6) is 1.86. The Kier molecular flexibility index (Phi) is 3.65. The first kappa shape index (κ1) is 12.9. The first-order valence-corrected chi connectivity index (χ1v) is 5.71. The van der Waals surface area contributed by atoms with Gasteiger partial charge < -0.3 is 15.8 Å². The number of carbonyl (C=O) groups is 1. The van der Waals surface area contributed by atoms with E-state index in [1.54, 1.807) is 18.7 Å². The molecular weight excluding hydrogens is 246 g/mol. The van der Waals surface area contributed by atoms with Crippen LogP contribution in [0.3, 0.4) is 0 Å². The van der Waals surface area contributed by atoms with E-state index in [2.05, 4.69) is 15.4 Å². The summed E-state index contributed by atoms with van der Waals surface area (Å²) in [5, 5.41) is 6.80. The summed E-state index contributed by atoms with van der Waals surface area (Å²) in [6.45, 7) is 1.98. The molecule has 0 aliphatic heterocycles. The lowest BCUT2D eigenvalue weighted by Gasteiger charge is -2.10. The van der Waals surface area contributed by atoms with E-state index < -0.39 is 6.03 Å². The second-order valence-electron chi connectivity index (χ2n) is 3.88. The Balaban J connectivity index is 2.41. The fraction of sp³-hybridized carbons (Fsp3) is 0.250. The Morgan fingerprint density at radius 2 is 2.21 bits per heavy atom. The monoisotopic (exact) mass is 261 g/mol. The van der Waals surface area contributed by atoms with Gasteiger partial charge >= 0.3 is 6.03 Å². The highest BCUT2D eigenvalue weighted by atomic mass is 16.5. The zero-order chi connectivity index (χ0) is 13.8. The number of primary amides is 1. The number of nitrogens with zero attached hydrogens (tertiary/aromatic N) is 3. The van der Waals surface area contributed by atoms with Crippen LogP contribution in [-0.2, 0) is 6.54 Å². The molecule has 0 saturated carbocycles. The fourth-order valence-corrected chi connectivity index (χ4v) is 1.74. The molecule has 2 amide bonds. The van der Waals surface area contributed by atoms with Crippen LogP contribution >= 0.6 is 0 Å². The van der Waals surface area contributed by atoms with E-state index in [4.69, 9.17) is 10.5 Å². The third kappa shape index (κ3) is 2.82. The van der Waals surface area contributed by atoms with Gasteiger partial charge in [-0.15, -0.1) is 0 Å². The molecule has 1 heterocycles. The van der Waals surface area contributed by atoms with Gasteiger partial charge in [-0.3, -0.25) is 0 Å². The van der Waals surface area contributed by atoms with Gasteiger partial charge in [0.1, 0.15) is 17.3 Å². The van der Waals surface area contributed by atoms with E-state index in [1.165, 1.54) is 0 Å². The van der Waals surface area contributed by atoms with Gasteiger partial charge in [-0.2, -0.15) is 5.10 Å². The Morgan fingerprint density at radius 1 is 1.47 bits per heavy atom. The molecule has 0 radical (unpaired) electrons. The standard InChI is InChI=1S/C12H15N5O2/c1-8-15-11(7-14-12(13)18)17(16-8)9-5-3-4-6-10(9)19-2/h3-6H,7H2,1-2H3,(H3,13,14,18). The van der Waals surface area contributed by atoms with E-state index in [0.717, 1.165) is 5.69 Å². The van der Waals surface area contributed by atoms with Gasteiger partial charge in [-0.1, -0.05) is 12.1 Å². The molecule has 1 aromatic heterocycles. The number of carbonyl (C=O) groups excluding carboxylic acids is 1. The molecule has 2 aromatic rings. The van der Waals surface area contributed by atoms with Crippen molar-refractivity contribution in [1.29, 1.82) is 0 Å². The van der Waals surface area contributed by atoms with Crippen molar-refractivity contribution in [1.82, 2.24) is 20.1 Å². The van der Waals surface area contributed by atoms with Crippen molar-refractivity contribution in [3.8, 4) is 11.4 Å². The van der Waals surface area contributed by atoms with Gasteiger partial charge in [0.25, 0.3) is 0 Å². The summed E-state index contributed by atoms with van der Waals surface area (Å²) >= 11 is 0. The average Bonchev–Trinajstić information content (AvgIpc) is 2.77. The van der Waals surface area contributed by atoms with Crippen molar-refractivity contribution in [2.75, 3.05) is 7.11 Å². The van der Waals surface area contributed by atoms with E-state index >= 15 is 0 Å². The van der Waals surface area contributed by atoms with Crippen molar-refractivity contribution in [2.24, 2.45) is 5.73 Å². The quantitative estimate of drug-likeness (QED) is 0.849. The van der Waals surface area contributed by atoms with Crippen LogP contribution in [0, 0.1) is 6.92 Å². The maximum absolute atomic E-state index is 10.8. The maximum Gasteiger partial charge on any atom is 0.312 e. The van der Waals surface area contributed by atoms with Crippen molar-refractivity contribution >= 4 is 6.03 Å². The van der Waals surface area contributed by atoms with E-state index in [9.17, 15) is 4.79 Å². The van der Waals surface area contributed by atoms with Crippen LogP contribution in [-0.4, -0.2) is 27.9 Å². The van der Waals surface area contributed by atoms with Crippen LogP contribution in [0.1, 0.15) is 11.6 Å². The average molecular weight is 261 g/mol. The normalized spacial score (nSPS) is 10.2. The van der Waals surface area contributed by atoms with Crippen molar-refractivity contribution in [3.63, 3.8) is 0 Å². The van der Waals surface area contributed by atoms with Crippen molar-refractivity contribution in [3.05, 3.63) is 35.9 Å². The first-order chi connectivity index (χ1) is 9.11. The molecule has 0 saturated heterocycles. The van der Waals surface area contributed by atoms with Gasteiger partial charge in [0.15, 0.2) is 5.82 Å². The summed E-state index contributed by atoms with van der Waals surface area (Å²) in [6.07, 6.45) is 0. The molecule has 0 unspecified atom stereocenters. The number of para-hydroxylation sites is 2. The summed E-state index contributed by atoms with van der Waals surface area (Å²) in [4.78, 5) is 15.0. The number of methoxy groups -OCH3 is 1. The minimum Gasteiger partial charge on any atom is -0.494 e. The van der Waals surface area contributed by atoms with Crippen molar-refractivity contribution in [2.45, 2.75) is 13.5 Å². The fourth-order valence-electron chi connectivity index (χ4n) is 1.74. The van der Waals surface area contributed by atoms with Gasteiger partial charge in [0.05, 0.1) is 13.7 Å². The molecule has 19 heavy (non-hydrogen) atoms. The van der Waals surface area contributed by atoms with Crippen LogP contribution in [0.2, 0.25) is 0 Å². The van der Waals surface area contributed by atoms with E-state index in [1.807, 2.05) is 24.3 Å². The smallest absolute Gasteiger partial charge is 0.312 e. The van der Waals surface area contributed by atoms with E-state index in [0.29, 0.717) is 17.4 Å². The lowest BCUT2D eigenvalue weighted by atomic mass is 10.3. The maximum atomic E-state index is 10.8. The number of ether oxygens (including phenoxy) is 1. The lowest BCUT2D eigenvalue weighted by molar-refractivity contribution is 0.248. The van der Waals surface area contributed by atoms with Crippen molar-refractivity contribution < 1.29 is 9.53 Å². The molecule has 0 atom stereocenters. The highest BCUT2D eigenvalue weighted by Gasteiger charge is 2.13. The summed E-state index contributed by atoms with van der Waals surface area (Å²) in [7, 11) is 1.59. The van der Waals surface area contributed by atoms with Gasteiger partial charge in [-0.05, 0) is 19.1 Å². The van der Waals surface area contributed by atoms with E-state index in [-0.39, 0.29) is 6.54 Å². The molecule has 0 aliphatic carbocycles.